The zero-order chi connectivity index (χ0) is 26.2. The van der Waals surface area contributed by atoms with Crippen LogP contribution >= 0.6 is 11.3 Å². The zero-order valence-corrected chi connectivity index (χ0v) is 21.7. The van der Waals surface area contributed by atoms with Crippen LogP contribution in [0, 0.1) is 0 Å². The summed E-state index contributed by atoms with van der Waals surface area (Å²) in [6.45, 7) is 4.86. The normalized spacial score (nSPS) is 13.6. The molecule has 0 aliphatic carbocycles. The number of aromatic nitrogens is 1. The van der Waals surface area contributed by atoms with E-state index in [1.807, 2.05) is 60.0 Å². The number of fused-ring (bicyclic) bond motifs is 5. The third-order valence-electron chi connectivity index (χ3n) is 6.59. The highest BCUT2D eigenvalue weighted by Crippen LogP contribution is 2.41. The highest BCUT2D eigenvalue weighted by atomic mass is 32.1. The Morgan fingerprint density at radius 3 is 2.55 bits per heavy atom. The molecule has 3 heterocycles. The topological polar surface area (TPSA) is 79.1 Å². The van der Waals surface area contributed by atoms with Crippen molar-refractivity contribution in [2.45, 2.75) is 27.0 Å². The van der Waals surface area contributed by atoms with E-state index in [-0.39, 0.29) is 12.4 Å². The smallest absolute Gasteiger partial charge is 0.331 e. The second-order valence-electron chi connectivity index (χ2n) is 8.94. The van der Waals surface area contributed by atoms with E-state index in [1.54, 1.807) is 23.5 Å². The molecule has 0 spiro atoms. The number of ether oxygens (including phenoxy) is 2. The number of ketones is 1. The average molecular weight is 525 g/mol. The number of thiophene rings is 1. The lowest BCUT2D eigenvalue weighted by atomic mass is 10.00. The van der Waals surface area contributed by atoms with Crippen LogP contribution in [0.1, 0.15) is 40.2 Å². The van der Waals surface area contributed by atoms with Gasteiger partial charge in [0.2, 0.25) is 0 Å². The van der Waals surface area contributed by atoms with Gasteiger partial charge < -0.3 is 18.9 Å². The van der Waals surface area contributed by atoms with Crippen LogP contribution in [-0.4, -0.2) is 28.6 Å². The maximum atomic E-state index is 13.4. The van der Waals surface area contributed by atoms with Crippen molar-refractivity contribution in [2.24, 2.45) is 5.16 Å². The van der Waals surface area contributed by atoms with Crippen molar-refractivity contribution in [1.82, 2.24) is 4.57 Å². The number of benzene rings is 3. The largest absolute Gasteiger partial charge is 0.488 e. The van der Waals surface area contributed by atoms with Crippen molar-refractivity contribution in [1.29, 1.82) is 0 Å². The minimum atomic E-state index is -0.486. The lowest BCUT2D eigenvalue weighted by Crippen LogP contribution is -2.04. The predicted molar refractivity (Wildman–Crippen MR) is 147 cm³/mol. The number of hydrogen-bond donors (Lipinski definition) is 0. The molecule has 0 amide bonds. The van der Waals surface area contributed by atoms with Gasteiger partial charge in [0.15, 0.2) is 5.78 Å². The minimum absolute atomic E-state index is 0.0697. The van der Waals surface area contributed by atoms with Gasteiger partial charge in [0, 0.05) is 45.9 Å². The van der Waals surface area contributed by atoms with Crippen molar-refractivity contribution in [3.05, 3.63) is 93.7 Å². The van der Waals surface area contributed by atoms with Gasteiger partial charge >= 0.3 is 5.97 Å². The Bertz CT molecular complexity index is 1720. The molecule has 0 saturated heterocycles. The molecule has 2 aromatic heterocycles. The summed E-state index contributed by atoms with van der Waals surface area (Å²) in [5, 5.41) is 7.83. The van der Waals surface area contributed by atoms with Gasteiger partial charge in [-0.25, -0.2) is 4.79 Å². The zero-order valence-electron chi connectivity index (χ0n) is 20.9. The van der Waals surface area contributed by atoms with E-state index in [0.29, 0.717) is 29.2 Å². The molecule has 0 bridgehead atoms. The molecule has 1 aliphatic rings. The van der Waals surface area contributed by atoms with Gasteiger partial charge in [-0.2, -0.15) is 0 Å². The minimum Gasteiger partial charge on any atom is -0.488 e. The molecular weight excluding hydrogens is 500 g/mol. The fourth-order valence-corrected chi connectivity index (χ4v) is 5.47. The van der Waals surface area contributed by atoms with Crippen molar-refractivity contribution in [3.63, 3.8) is 0 Å². The van der Waals surface area contributed by atoms with E-state index in [4.69, 9.17) is 14.3 Å². The summed E-state index contributed by atoms with van der Waals surface area (Å²) < 4.78 is 14.1. The van der Waals surface area contributed by atoms with Gasteiger partial charge in [0.25, 0.3) is 0 Å². The molecule has 1 aliphatic heterocycles. The lowest BCUT2D eigenvalue weighted by molar-refractivity contribution is -0.140. The molecule has 0 saturated carbocycles. The van der Waals surface area contributed by atoms with Crippen LogP contribution in [0.3, 0.4) is 0 Å². The molecule has 3 aromatic carbocycles. The molecule has 8 heteroatoms. The number of rotatable bonds is 7. The van der Waals surface area contributed by atoms with E-state index >= 15 is 0 Å². The van der Waals surface area contributed by atoms with E-state index < -0.39 is 5.97 Å². The van der Waals surface area contributed by atoms with E-state index in [0.717, 1.165) is 44.5 Å². The number of hydrogen-bond acceptors (Lipinski definition) is 7. The molecule has 5 aromatic rings. The molecule has 38 heavy (non-hydrogen) atoms. The molecular formula is C30H24N2O5S. The first kappa shape index (κ1) is 23.9. The van der Waals surface area contributed by atoms with Crippen molar-refractivity contribution < 1.29 is 23.9 Å². The third-order valence-corrected chi connectivity index (χ3v) is 7.44. The third kappa shape index (κ3) is 4.22. The maximum Gasteiger partial charge on any atom is 0.331 e. The molecule has 0 N–H and O–H groups in total. The van der Waals surface area contributed by atoms with Gasteiger partial charge in [-0.1, -0.05) is 11.2 Å². The molecule has 0 radical (unpaired) electrons. The van der Waals surface area contributed by atoms with E-state index in [9.17, 15) is 9.59 Å². The van der Waals surface area contributed by atoms with Crippen LogP contribution in [0.2, 0.25) is 0 Å². The SMILES string of the molecule is CCn1c2ccc(C(=O)c3ccc(OCc4cccs4)cc3)cc2c2c3c(ccc21)/C(=N/OC(C)=O)CO3. The Labute approximate surface area is 222 Å². The predicted octanol–water partition coefficient (Wildman–Crippen LogP) is 6.35. The first-order valence-corrected chi connectivity index (χ1v) is 13.2. The summed E-state index contributed by atoms with van der Waals surface area (Å²) in [6.07, 6.45) is 0. The number of carbonyl (C=O) groups is 2. The van der Waals surface area contributed by atoms with Crippen LogP contribution in [0.4, 0.5) is 0 Å². The monoisotopic (exact) mass is 524 g/mol. The van der Waals surface area contributed by atoms with Gasteiger partial charge in [-0.3, -0.25) is 4.79 Å². The van der Waals surface area contributed by atoms with Crippen molar-refractivity contribution >= 4 is 50.6 Å². The Kier molecular flexibility index (Phi) is 6.17. The quantitative estimate of drug-likeness (QED) is 0.141. The number of oxime groups is 1. The van der Waals surface area contributed by atoms with E-state index in [1.165, 1.54) is 6.92 Å². The summed E-state index contributed by atoms with van der Waals surface area (Å²) in [5.41, 5.74) is 4.53. The van der Waals surface area contributed by atoms with Crippen molar-refractivity contribution in [2.75, 3.05) is 6.61 Å². The van der Waals surface area contributed by atoms with Gasteiger partial charge in [-0.15, -0.1) is 11.3 Å². The first-order valence-electron chi connectivity index (χ1n) is 12.3. The second-order valence-corrected chi connectivity index (χ2v) is 9.98. The molecule has 0 unspecified atom stereocenters. The van der Waals surface area contributed by atoms with Gasteiger partial charge in [-0.05, 0) is 73.0 Å². The highest BCUT2D eigenvalue weighted by Gasteiger charge is 2.26. The number of nitrogens with zero attached hydrogens (tertiary/aromatic N) is 2. The van der Waals surface area contributed by atoms with Crippen LogP contribution in [0.25, 0.3) is 21.8 Å². The van der Waals surface area contributed by atoms with Crippen LogP contribution in [0.15, 0.2) is 77.3 Å². The summed E-state index contributed by atoms with van der Waals surface area (Å²) in [6, 6.07) is 21.0. The van der Waals surface area contributed by atoms with Crippen molar-refractivity contribution in [3.8, 4) is 11.5 Å². The van der Waals surface area contributed by atoms with E-state index in [2.05, 4.69) is 16.6 Å². The molecule has 6 rings (SSSR count). The van der Waals surface area contributed by atoms with Gasteiger partial charge in [0.1, 0.15) is 30.4 Å². The molecule has 0 fully saturated rings. The summed E-state index contributed by atoms with van der Waals surface area (Å²) in [7, 11) is 0. The first-order chi connectivity index (χ1) is 18.5. The summed E-state index contributed by atoms with van der Waals surface area (Å²) in [4.78, 5) is 30.7. The Morgan fingerprint density at radius 1 is 1.03 bits per heavy atom. The van der Waals surface area contributed by atoms with Gasteiger partial charge in [0.05, 0.1) is 10.9 Å². The summed E-state index contributed by atoms with van der Waals surface area (Å²) in [5.74, 6) is 0.845. The standard InChI is InChI=1S/C30H24N2O5S/c1-3-32-26-12-8-20(29(34)19-6-9-21(10-7-19)35-16-22-5-4-14-38-22)15-24(26)28-27(32)13-11-23-25(17-36-30(23)28)31-37-18(2)33/h4-15H,3,16-17H2,1-2H3/b31-25+. The Hall–Kier alpha value is -4.43. The maximum absolute atomic E-state index is 13.4. The molecule has 7 nitrogen and oxygen atoms in total. The second kappa shape index (κ2) is 9.79. The molecule has 0 atom stereocenters. The number of aryl methyl sites for hydroxylation is 1. The van der Waals surface area contributed by atoms with Crippen LogP contribution < -0.4 is 9.47 Å². The lowest BCUT2D eigenvalue weighted by Gasteiger charge is -2.07. The van der Waals surface area contributed by atoms with Crippen LogP contribution in [0.5, 0.6) is 11.5 Å². The number of carbonyl (C=O) groups excluding carboxylic acids is 2. The fourth-order valence-electron chi connectivity index (χ4n) is 4.85. The molecule has 190 valence electrons. The highest BCUT2D eigenvalue weighted by molar-refractivity contribution is 7.09. The average Bonchev–Trinajstić information content (AvgIpc) is 3.67. The Balaban J connectivity index is 1.36. The Morgan fingerprint density at radius 2 is 1.82 bits per heavy atom. The summed E-state index contributed by atoms with van der Waals surface area (Å²) >= 11 is 1.65. The van der Waals surface area contributed by atoms with Crippen LogP contribution in [-0.2, 0) is 22.8 Å². The fraction of sp³-hybridized carbons (Fsp3) is 0.167.